The summed E-state index contributed by atoms with van der Waals surface area (Å²) in [6.07, 6.45) is 1.99. The third kappa shape index (κ3) is 4.95. The van der Waals surface area contributed by atoms with Crippen molar-refractivity contribution >= 4 is 14.0 Å². The molecule has 10 heteroatoms. The van der Waals surface area contributed by atoms with Crippen LogP contribution in [0.2, 0.25) is 18.1 Å². The maximum Gasteiger partial charge on any atom is 0.350 e. The second kappa shape index (κ2) is 7.81. The monoisotopic (exact) mass is 395 g/mol. The Morgan fingerprint density at radius 2 is 1.93 bits per heavy atom. The van der Waals surface area contributed by atoms with E-state index in [-0.39, 0.29) is 16.6 Å². The van der Waals surface area contributed by atoms with Gasteiger partial charge in [0.2, 0.25) is 0 Å². The van der Waals surface area contributed by atoms with Gasteiger partial charge in [-0.2, -0.15) is 5.10 Å². The highest BCUT2D eigenvalue weighted by molar-refractivity contribution is 6.74. The number of aromatic nitrogens is 4. The fraction of sp³-hybridized carbons (Fsp3) is 0.647. The maximum absolute atomic E-state index is 11.3. The van der Waals surface area contributed by atoms with Gasteiger partial charge in [0.1, 0.15) is 6.20 Å². The van der Waals surface area contributed by atoms with Crippen molar-refractivity contribution < 1.29 is 14.1 Å². The molecule has 0 unspecified atom stereocenters. The molecule has 0 aromatic carbocycles. The van der Waals surface area contributed by atoms with Crippen LogP contribution in [-0.2, 0) is 11.5 Å². The van der Waals surface area contributed by atoms with Gasteiger partial charge in [0.05, 0.1) is 17.2 Å². The second-order valence-corrected chi connectivity index (χ2v) is 12.9. The topological polar surface area (TPSA) is 97.2 Å². The Kier molecular flexibility index (Phi) is 6.10. The molecule has 0 amide bonds. The normalized spacial score (nSPS) is 12.4. The van der Waals surface area contributed by atoms with Gasteiger partial charge in [0, 0.05) is 26.1 Å². The van der Waals surface area contributed by atoms with Gasteiger partial charge < -0.3 is 9.16 Å². The van der Waals surface area contributed by atoms with Crippen molar-refractivity contribution in [3.8, 4) is 11.7 Å². The van der Waals surface area contributed by atoms with Crippen LogP contribution < -0.4 is 4.74 Å². The largest absolute Gasteiger partial charge is 0.472 e. The fourth-order valence-electron chi connectivity index (χ4n) is 2.28. The molecule has 9 nitrogen and oxygen atoms in total. The van der Waals surface area contributed by atoms with Crippen LogP contribution in [0.3, 0.4) is 0 Å². The maximum atomic E-state index is 11.3. The second-order valence-electron chi connectivity index (χ2n) is 8.10. The summed E-state index contributed by atoms with van der Waals surface area (Å²) in [7, 11) is -0.0417. The van der Waals surface area contributed by atoms with Crippen molar-refractivity contribution in [2.75, 3.05) is 13.2 Å². The van der Waals surface area contributed by atoms with E-state index in [1.54, 1.807) is 17.8 Å². The molecule has 27 heavy (non-hydrogen) atoms. The molecule has 2 aromatic rings. The molecule has 2 heterocycles. The van der Waals surface area contributed by atoms with E-state index in [0.29, 0.717) is 25.5 Å². The van der Waals surface area contributed by atoms with Gasteiger partial charge in [-0.15, -0.1) is 5.10 Å². The van der Waals surface area contributed by atoms with Gasteiger partial charge in [0.15, 0.2) is 14.1 Å². The molecule has 2 aromatic heterocycles. The number of nitro groups is 1. The Morgan fingerprint density at radius 1 is 1.26 bits per heavy atom. The van der Waals surface area contributed by atoms with E-state index in [1.165, 1.54) is 10.9 Å². The first-order chi connectivity index (χ1) is 12.4. The van der Waals surface area contributed by atoms with Crippen LogP contribution >= 0.6 is 0 Å². The fourth-order valence-corrected chi connectivity index (χ4v) is 3.37. The van der Waals surface area contributed by atoms with E-state index >= 15 is 0 Å². The summed E-state index contributed by atoms with van der Waals surface area (Å²) in [5.41, 5.74) is 0.634. The number of hydrogen-bond acceptors (Lipinski definition) is 6. The molecule has 0 aliphatic carbocycles. The van der Waals surface area contributed by atoms with Crippen molar-refractivity contribution in [3.63, 3.8) is 0 Å². The average molecular weight is 396 g/mol. The highest BCUT2D eigenvalue weighted by Gasteiger charge is 2.36. The lowest BCUT2D eigenvalue weighted by molar-refractivity contribution is -0.385. The first-order valence-electron chi connectivity index (χ1n) is 8.94. The molecular weight excluding hydrogens is 366 g/mol. The molecule has 150 valence electrons. The standard InChI is InChI=1S/C17H29N5O4Si/c1-13-11-15(20(5)18-13)21-12-14(22(23)24)16(19-21)25-9-8-10-26-27(6,7)17(2,3)4/h11-12H,8-10H2,1-7H3. The smallest absolute Gasteiger partial charge is 0.350 e. The Labute approximate surface area is 160 Å². The quantitative estimate of drug-likeness (QED) is 0.293. The molecule has 0 N–H and O–H groups in total. The van der Waals surface area contributed by atoms with Gasteiger partial charge in [-0.3, -0.25) is 14.8 Å². The van der Waals surface area contributed by atoms with Gasteiger partial charge in [-0.1, -0.05) is 20.8 Å². The van der Waals surface area contributed by atoms with Crippen molar-refractivity contribution in [2.24, 2.45) is 7.05 Å². The van der Waals surface area contributed by atoms with Crippen LogP contribution in [0.15, 0.2) is 12.3 Å². The Balaban J connectivity index is 2.00. The third-order valence-electron chi connectivity index (χ3n) is 4.87. The highest BCUT2D eigenvalue weighted by Crippen LogP contribution is 2.36. The number of rotatable bonds is 8. The van der Waals surface area contributed by atoms with E-state index in [0.717, 1.165) is 5.69 Å². The molecule has 0 spiro atoms. The van der Waals surface area contributed by atoms with Gasteiger partial charge in [-0.25, -0.2) is 4.68 Å². The molecule has 0 atom stereocenters. The zero-order valence-electron chi connectivity index (χ0n) is 17.1. The van der Waals surface area contributed by atoms with Crippen LogP contribution in [0.25, 0.3) is 5.82 Å². The summed E-state index contributed by atoms with van der Waals surface area (Å²) in [5, 5.41) is 19.9. The predicted octanol–water partition coefficient (Wildman–Crippen LogP) is 3.61. The van der Waals surface area contributed by atoms with E-state index in [2.05, 4.69) is 44.1 Å². The molecule has 0 radical (unpaired) electrons. The summed E-state index contributed by atoms with van der Waals surface area (Å²) in [6, 6.07) is 1.80. The molecule has 0 fully saturated rings. The molecule has 0 saturated heterocycles. The van der Waals surface area contributed by atoms with E-state index < -0.39 is 13.2 Å². The minimum atomic E-state index is -1.80. The minimum Gasteiger partial charge on any atom is -0.472 e. The first-order valence-corrected chi connectivity index (χ1v) is 11.8. The molecule has 2 rings (SSSR count). The summed E-state index contributed by atoms with van der Waals surface area (Å²) in [5.74, 6) is 0.637. The lowest BCUT2D eigenvalue weighted by Gasteiger charge is -2.36. The van der Waals surface area contributed by atoms with Crippen molar-refractivity contribution in [1.29, 1.82) is 0 Å². The predicted molar refractivity (Wildman–Crippen MR) is 105 cm³/mol. The molecule has 0 aliphatic rings. The number of aryl methyl sites for hydroxylation is 2. The summed E-state index contributed by atoms with van der Waals surface area (Å²) < 4.78 is 14.7. The number of hydrogen-bond donors (Lipinski definition) is 0. The van der Waals surface area contributed by atoms with E-state index in [1.807, 2.05) is 6.92 Å². The van der Waals surface area contributed by atoms with Crippen LogP contribution in [0.4, 0.5) is 5.69 Å². The summed E-state index contributed by atoms with van der Waals surface area (Å²) in [4.78, 5) is 10.8. The Bertz CT molecular complexity index is 807. The van der Waals surface area contributed by atoms with Crippen LogP contribution in [-0.4, -0.2) is 46.0 Å². The molecular formula is C17H29N5O4Si. The Hall–Kier alpha value is -2.20. The zero-order chi connectivity index (χ0) is 20.4. The van der Waals surface area contributed by atoms with Crippen molar-refractivity contribution in [3.05, 3.63) is 28.1 Å². The molecule has 0 aliphatic heterocycles. The van der Waals surface area contributed by atoms with Crippen LogP contribution in [0.5, 0.6) is 5.88 Å². The highest BCUT2D eigenvalue weighted by atomic mass is 28.4. The van der Waals surface area contributed by atoms with Crippen LogP contribution in [0.1, 0.15) is 32.9 Å². The van der Waals surface area contributed by atoms with Gasteiger partial charge >= 0.3 is 11.6 Å². The van der Waals surface area contributed by atoms with E-state index in [4.69, 9.17) is 9.16 Å². The minimum absolute atomic E-state index is 0.00572. The third-order valence-corrected chi connectivity index (χ3v) is 9.41. The van der Waals surface area contributed by atoms with E-state index in [9.17, 15) is 10.1 Å². The summed E-state index contributed by atoms with van der Waals surface area (Å²) >= 11 is 0. The van der Waals surface area contributed by atoms with Crippen molar-refractivity contribution in [1.82, 2.24) is 19.6 Å². The molecule has 0 saturated carbocycles. The van der Waals surface area contributed by atoms with Gasteiger partial charge in [0.25, 0.3) is 0 Å². The average Bonchev–Trinajstić information content (AvgIpc) is 3.08. The zero-order valence-corrected chi connectivity index (χ0v) is 18.1. The van der Waals surface area contributed by atoms with Crippen LogP contribution in [0, 0.1) is 17.0 Å². The Morgan fingerprint density at radius 3 is 2.44 bits per heavy atom. The number of ether oxygens (including phenoxy) is 1. The molecule has 0 bridgehead atoms. The SMILES string of the molecule is Cc1cc(-n2cc([N+](=O)[O-])c(OCCCO[Si](C)(C)C(C)(C)C)n2)n(C)n1. The lowest BCUT2D eigenvalue weighted by atomic mass is 10.2. The summed E-state index contributed by atoms with van der Waals surface area (Å²) in [6.45, 7) is 13.7. The lowest BCUT2D eigenvalue weighted by Crippen LogP contribution is -2.41. The first kappa shape index (κ1) is 21.1. The number of nitrogens with zero attached hydrogens (tertiary/aromatic N) is 5. The van der Waals surface area contributed by atoms with Gasteiger partial charge in [-0.05, 0) is 25.1 Å². The van der Waals surface area contributed by atoms with Crippen molar-refractivity contribution in [2.45, 2.75) is 52.2 Å².